The van der Waals surface area contributed by atoms with Crippen molar-refractivity contribution >= 4 is 5.57 Å². The topological polar surface area (TPSA) is 52.0 Å². The summed E-state index contributed by atoms with van der Waals surface area (Å²) in [6.45, 7) is 8.34. The molecule has 15 heavy (non-hydrogen) atoms. The zero-order chi connectivity index (χ0) is 11.4. The van der Waals surface area contributed by atoms with E-state index < -0.39 is 0 Å². The summed E-state index contributed by atoms with van der Waals surface area (Å²) in [7, 11) is 0. The summed E-state index contributed by atoms with van der Waals surface area (Å²) >= 11 is 0. The fourth-order valence-electron chi connectivity index (χ4n) is 1.35. The Kier molecular flexibility index (Phi) is 3.69. The maximum absolute atomic E-state index is 5.66. The second kappa shape index (κ2) is 4.80. The molecule has 1 rings (SSSR count). The minimum absolute atomic E-state index is 0.575. The van der Waals surface area contributed by atoms with Crippen LogP contribution in [-0.4, -0.2) is 0 Å². The van der Waals surface area contributed by atoms with Crippen molar-refractivity contribution in [1.82, 2.24) is 0 Å². The van der Waals surface area contributed by atoms with E-state index in [1.807, 2.05) is 26.0 Å². The lowest BCUT2D eigenvalue weighted by Gasteiger charge is -2.08. The van der Waals surface area contributed by atoms with Gasteiger partial charge in [0, 0.05) is 12.2 Å². The van der Waals surface area contributed by atoms with Crippen LogP contribution in [-0.2, 0) is 6.54 Å². The Labute approximate surface area is 91.3 Å². The van der Waals surface area contributed by atoms with Crippen LogP contribution in [0.1, 0.15) is 25.0 Å². The predicted octanol–water partition coefficient (Wildman–Crippen LogP) is 2.41. The van der Waals surface area contributed by atoms with E-state index in [1.54, 1.807) is 0 Å². The highest BCUT2D eigenvalue weighted by Gasteiger charge is 2.01. The van der Waals surface area contributed by atoms with E-state index in [4.69, 9.17) is 11.5 Å². The Hall–Kier alpha value is -1.54. The molecule has 0 fully saturated rings. The van der Waals surface area contributed by atoms with Gasteiger partial charge in [-0.3, -0.25) is 0 Å². The molecule has 0 saturated carbocycles. The van der Waals surface area contributed by atoms with Crippen LogP contribution >= 0.6 is 0 Å². The average molecular weight is 202 g/mol. The molecular weight excluding hydrogens is 184 g/mol. The third kappa shape index (κ3) is 2.70. The van der Waals surface area contributed by atoms with Gasteiger partial charge in [-0.2, -0.15) is 0 Å². The van der Waals surface area contributed by atoms with Crippen molar-refractivity contribution in [3.05, 3.63) is 53.2 Å². The van der Waals surface area contributed by atoms with E-state index >= 15 is 0 Å². The Morgan fingerprint density at radius 1 is 1.20 bits per heavy atom. The quantitative estimate of drug-likeness (QED) is 0.739. The van der Waals surface area contributed by atoms with Crippen LogP contribution in [0.5, 0.6) is 0 Å². The van der Waals surface area contributed by atoms with Gasteiger partial charge in [0.25, 0.3) is 0 Å². The molecule has 0 unspecified atom stereocenters. The highest BCUT2D eigenvalue weighted by Crippen LogP contribution is 2.20. The molecule has 80 valence electrons. The summed E-state index contributed by atoms with van der Waals surface area (Å²) in [5.74, 6) is 0. The van der Waals surface area contributed by atoms with Crippen molar-refractivity contribution in [3.63, 3.8) is 0 Å². The van der Waals surface area contributed by atoms with Crippen molar-refractivity contribution in [2.45, 2.75) is 20.4 Å². The lowest BCUT2D eigenvalue weighted by molar-refractivity contribution is 1.07. The summed E-state index contributed by atoms with van der Waals surface area (Å²) < 4.78 is 0. The molecule has 0 radical (unpaired) electrons. The first kappa shape index (κ1) is 11.5. The molecule has 1 aromatic rings. The molecule has 0 aliphatic rings. The van der Waals surface area contributed by atoms with Crippen molar-refractivity contribution in [2.24, 2.45) is 11.5 Å². The maximum Gasteiger partial charge on any atom is 0.0273 e. The molecule has 0 aliphatic carbocycles. The molecule has 2 nitrogen and oxygen atoms in total. The average Bonchev–Trinajstić information content (AvgIpc) is 2.27. The molecule has 1 aromatic carbocycles. The Morgan fingerprint density at radius 3 is 2.13 bits per heavy atom. The SMILES string of the molecule is C=C(N)/C(C)=C(\C)c1ccc(CN)cc1. The Bertz CT molecular complexity index is 386. The van der Waals surface area contributed by atoms with Gasteiger partial charge in [0.2, 0.25) is 0 Å². The molecule has 0 amide bonds. The van der Waals surface area contributed by atoms with Crippen LogP contribution in [0.4, 0.5) is 0 Å². The summed E-state index contributed by atoms with van der Waals surface area (Å²) in [5, 5.41) is 0. The molecule has 2 heteroatoms. The number of rotatable bonds is 3. The fraction of sp³-hybridized carbons (Fsp3) is 0.231. The van der Waals surface area contributed by atoms with Crippen molar-refractivity contribution in [3.8, 4) is 0 Å². The van der Waals surface area contributed by atoms with Crippen LogP contribution in [0.3, 0.4) is 0 Å². The predicted molar refractivity (Wildman–Crippen MR) is 65.9 cm³/mol. The van der Waals surface area contributed by atoms with E-state index in [2.05, 4.69) is 18.7 Å². The smallest absolute Gasteiger partial charge is 0.0273 e. The van der Waals surface area contributed by atoms with Crippen molar-refractivity contribution in [2.75, 3.05) is 0 Å². The van der Waals surface area contributed by atoms with Gasteiger partial charge in [-0.1, -0.05) is 30.8 Å². The molecule has 0 aliphatic heterocycles. The van der Waals surface area contributed by atoms with Gasteiger partial charge in [-0.15, -0.1) is 0 Å². The molecular formula is C13H18N2. The van der Waals surface area contributed by atoms with Crippen LogP contribution in [0.2, 0.25) is 0 Å². The first-order valence-electron chi connectivity index (χ1n) is 4.98. The van der Waals surface area contributed by atoms with E-state index in [-0.39, 0.29) is 0 Å². The van der Waals surface area contributed by atoms with Crippen molar-refractivity contribution < 1.29 is 0 Å². The number of benzene rings is 1. The van der Waals surface area contributed by atoms with Gasteiger partial charge in [0.05, 0.1) is 0 Å². The first-order chi connectivity index (χ1) is 7.06. The lowest BCUT2D eigenvalue weighted by Crippen LogP contribution is -1.99. The van der Waals surface area contributed by atoms with Crippen LogP contribution < -0.4 is 11.5 Å². The number of hydrogen-bond acceptors (Lipinski definition) is 2. The first-order valence-corrected chi connectivity index (χ1v) is 4.98. The second-order valence-corrected chi connectivity index (χ2v) is 3.68. The van der Waals surface area contributed by atoms with Gasteiger partial charge in [0.15, 0.2) is 0 Å². The standard InChI is InChI=1S/C13H18N2/c1-9(11(3)15)10(2)13-6-4-12(8-14)5-7-13/h4-7H,3,8,14-15H2,1-2H3/b10-9+. The fourth-order valence-corrected chi connectivity index (χ4v) is 1.35. The van der Waals surface area contributed by atoms with Crippen LogP contribution in [0, 0.1) is 0 Å². The molecule has 0 bridgehead atoms. The monoisotopic (exact) mass is 202 g/mol. The molecule has 0 aromatic heterocycles. The Balaban J connectivity index is 3.07. The highest BCUT2D eigenvalue weighted by atomic mass is 14.6. The van der Waals surface area contributed by atoms with E-state index in [1.165, 1.54) is 0 Å². The largest absolute Gasteiger partial charge is 0.399 e. The van der Waals surface area contributed by atoms with Gasteiger partial charge >= 0.3 is 0 Å². The minimum Gasteiger partial charge on any atom is -0.399 e. The third-order valence-electron chi connectivity index (χ3n) is 2.67. The molecule has 0 spiro atoms. The molecule has 0 atom stereocenters. The third-order valence-corrected chi connectivity index (χ3v) is 2.67. The minimum atomic E-state index is 0.575. The maximum atomic E-state index is 5.66. The zero-order valence-corrected chi connectivity index (χ0v) is 9.38. The van der Waals surface area contributed by atoms with Gasteiger partial charge < -0.3 is 11.5 Å². The van der Waals surface area contributed by atoms with E-state index in [0.29, 0.717) is 12.2 Å². The summed E-state index contributed by atoms with van der Waals surface area (Å²) in [5.41, 5.74) is 16.3. The molecule has 4 N–H and O–H groups in total. The normalized spacial score (nSPS) is 12.2. The number of hydrogen-bond donors (Lipinski definition) is 2. The van der Waals surface area contributed by atoms with Gasteiger partial charge in [0.1, 0.15) is 0 Å². The van der Waals surface area contributed by atoms with Gasteiger partial charge in [-0.05, 0) is 36.1 Å². The highest BCUT2D eigenvalue weighted by molar-refractivity contribution is 5.69. The summed E-state index contributed by atoms with van der Waals surface area (Å²) in [6.07, 6.45) is 0. The van der Waals surface area contributed by atoms with Crippen LogP contribution in [0.15, 0.2) is 42.1 Å². The van der Waals surface area contributed by atoms with Crippen LogP contribution in [0.25, 0.3) is 5.57 Å². The lowest BCUT2D eigenvalue weighted by atomic mass is 10.00. The zero-order valence-electron chi connectivity index (χ0n) is 9.38. The van der Waals surface area contributed by atoms with Crippen molar-refractivity contribution in [1.29, 1.82) is 0 Å². The molecule has 0 saturated heterocycles. The summed E-state index contributed by atoms with van der Waals surface area (Å²) in [4.78, 5) is 0. The Morgan fingerprint density at radius 2 is 1.73 bits per heavy atom. The molecule has 0 heterocycles. The summed E-state index contributed by atoms with van der Waals surface area (Å²) in [6, 6.07) is 8.19. The second-order valence-electron chi connectivity index (χ2n) is 3.68. The van der Waals surface area contributed by atoms with Gasteiger partial charge in [-0.25, -0.2) is 0 Å². The number of allylic oxidation sites excluding steroid dienone is 2. The number of nitrogens with two attached hydrogens (primary N) is 2. The van der Waals surface area contributed by atoms with E-state index in [9.17, 15) is 0 Å². The van der Waals surface area contributed by atoms with E-state index in [0.717, 1.165) is 22.3 Å².